The lowest BCUT2D eigenvalue weighted by molar-refractivity contribution is -0.122. The molecule has 0 aliphatic carbocycles. The molecular weight excluding hydrogens is 244 g/mol. The van der Waals surface area contributed by atoms with E-state index in [1.807, 2.05) is 6.07 Å². The van der Waals surface area contributed by atoms with Gasteiger partial charge in [0.05, 0.1) is 0 Å². The minimum atomic E-state index is -0.189. The largest absolute Gasteiger partial charge is 0.484 e. The first kappa shape index (κ1) is 13.1. The summed E-state index contributed by atoms with van der Waals surface area (Å²) in [5, 5.41) is 5.43. The van der Waals surface area contributed by atoms with E-state index in [0.29, 0.717) is 25.1 Å². The van der Waals surface area contributed by atoms with Crippen LogP contribution in [0.25, 0.3) is 0 Å². The van der Waals surface area contributed by atoms with Gasteiger partial charge in [-0.2, -0.15) is 0 Å². The Kier molecular flexibility index (Phi) is 4.18. The van der Waals surface area contributed by atoms with Gasteiger partial charge in [-0.1, -0.05) is 6.08 Å². The molecule has 5 heteroatoms. The van der Waals surface area contributed by atoms with E-state index in [1.54, 1.807) is 18.2 Å². The van der Waals surface area contributed by atoms with Gasteiger partial charge in [0.25, 0.3) is 5.91 Å². The molecule has 0 aromatic heterocycles. The molecule has 2 N–H and O–H groups in total. The van der Waals surface area contributed by atoms with Crippen molar-refractivity contribution in [3.05, 3.63) is 36.4 Å². The van der Waals surface area contributed by atoms with Gasteiger partial charge >= 0.3 is 0 Å². The van der Waals surface area contributed by atoms with Crippen LogP contribution in [0.5, 0.6) is 5.75 Å². The number of nitrogens with one attached hydrogen (secondary N) is 2. The Hall–Kier alpha value is -2.30. The van der Waals surface area contributed by atoms with Crippen LogP contribution in [0.2, 0.25) is 0 Å². The summed E-state index contributed by atoms with van der Waals surface area (Å²) in [6.07, 6.45) is 2.79. The van der Waals surface area contributed by atoms with Crippen molar-refractivity contribution in [3.8, 4) is 5.75 Å². The average molecular weight is 260 g/mol. The maximum atomic E-state index is 11.4. The normalized spacial score (nSPS) is 13.2. The van der Waals surface area contributed by atoms with E-state index in [0.717, 1.165) is 11.3 Å². The third-order valence-electron chi connectivity index (χ3n) is 2.79. The van der Waals surface area contributed by atoms with Crippen molar-refractivity contribution in [2.24, 2.45) is 0 Å². The zero-order valence-corrected chi connectivity index (χ0v) is 10.6. The monoisotopic (exact) mass is 260 g/mol. The standard InChI is InChI=1S/C14H16N2O3/c1-2-7-15-14(18)9-19-11-4-5-12-10(8-11)3-6-13(17)16-12/h2,4-5,8H,1,3,6-7,9H2,(H,15,18)(H,16,17). The summed E-state index contributed by atoms with van der Waals surface area (Å²) in [7, 11) is 0. The van der Waals surface area contributed by atoms with E-state index >= 15 is 0 Å². The highest BCUT2D eigenvalue weighted by molar-refractivity contribution is 5.94. The van der Waals surface area contributed by atoms with Crippen molar-refractivity contribution in [2.45, 2.75) is 12.8 Å². The molecule has 0 unspecified atom stereocenters. The van der Waals surface area contributed by atoms with Crippen molar-refractivity contribution < 1.29 is 14.3 Å². The van der Waals surface area contributed by atoms with Crippen molar-refractivity contribution in [2.75, 3.05) is 18.5 Å². The minimum Gasteiger partial charge on any atom is -0.484 e. The van der Waals surface area contributed by atoms with Crippen LogP contribution in [-0.2, 0) is 16.0 Å². The third-order valence-corrected chi connectivity index (χ3v) is 2.79. The van der Waals surface area contributed by atoms with Crippen LogP contribution < -0.4 is 15.4 Å². The van der Waals surface area contributed by atoms with Gasteiger partial charge in [0, 0.05) is 18.7 Å². The van der Waals surface area contributed by atoms with Crippen molar-refractivity contribution in [3.63, 3.8) is 0 Å². The highest BCUT2D eigenvalue weighted by Crippen LogP contribution is 2.26. The molecule has 100 valence electrons. The topological polar surface area (TPSA) is 67.4 Å². The molecule has 0 saturated carbocycles. The second kappa shape index (κ2) is 6.04. The van der Waals surface area contributed by atoms with Crippen molar-refractivity contribution in [1.29, 1.82) is 0 Å². The molecule has 0 saturated heterocycles. The van der Waals surface area contributed by atoms with Crippen LogP contribution >= 0.6 is 0 Å². The lowest BCUT2D eigenvalue weighted by Gasteiger charge is -2.17. The quantitative estimate of drug-likeness (QED) is 0.783. The first-order valence-corrected chi connectivity index (χ1v) is 6.12. The number of carbonyl (C=O) groups is 2. The summed E-state index contributed by atoms with van der Waals surface area (Å²) in [5.41, 5.74) is 1.85. The van der Waals surface area contributed by atoms with Crippen LogP contribution in [0.3, 0.4) is 0 Å². The number of rotatable bonds is 5. The molecule has 0 fully saturated rings. The number of hydrogen-bond donors (Lipinski definition) is 2. The molecule has 0 spiro atoms. The molecule has 1 heterocycles. The Bertz CT molecular complexity index is 511. The van der Waals surface area contributed by atoms with Gasteiger partial charge in [-0.25, -0.2) is 0 Å². The van der Waals surface area contributed by atoms with E-state index in [2.05, 4.69) is 17.2 Å². The second-order valence-electron chi connectivity index (χ2n) is 4.25. The molecule has 5 nitrogen and oxygen atoms in total. The van der Waals surface area contributed by atoms with Gasteiger partial charge < -0.3 is 15.4 Å². The van der Waals surface area contributed by atoms with Crippen LogP contribution in [0.4, 0.5) is 5.69 Å². The SMILES string of the molecule is C=CCNC(=O)COc1ccc2c(c1)CCC(=O)N2. The van der Waals surface area contributed by atoms with Crippen LogP contribution in [-0.4, -0.2) is 25.0 Å². The Morgan fingerprint density at radius 3 is 3.11 bits per heavy atom. The maximum absolute atomic E-state index is 11.4. The van der Waals surface area contributed by atoms with E-state index in [9.17, 15) is 9.59 Å². The van der Waals surface area contributed by atoms with E-state index < -0.39 is 0 Å². The summed E-state index contributed by atoms with van der Waals surface area (Å²) in [6.45, 7) is 3.92. The number of benzene rings is 1. The van der Waals surface area contributed by atoms with Crippen LogP contribution in [0, 0.1) is 0 Å². The van der Waals surface area contributed by atoms with Crippen LogP contribution in [0.1, 0.15) is 12.0 Å². The van der Waals surface area contributed by atoms with Gasteiger partial charge in [0.2, 0.25) is 5.91 Å². The lowest BCUT2D eigenvalue weighted by atomic mass is 10.0. The molecule has 2 amide bonds. The summed E-state index contributed by atoms with van der Waals surface area (Å²) in [4.78, 5) is 22.6. The molecule has 2 rings (SSSR count). The van der Waals surface area contributed by atoms with E-state index in [4.69, 9.17) is 4.74 Å². The molecule has 1 aromatic rings. The van der Waals surface area contributed by atoms with Gasteiger partial charge in [-0.15, -0.1) is 6.58 Å². The zero-order valence-electron chi connectivity index (χ0n) is 10.6. The fraction of sp³-hybridized carbons (Fsp3) is 0.286. The molecule has 19 heavy (non-hydrogen) atoms. The van der Waals surface area contributed by atoms with Crippen molar-refractivity contribution >= 4 is 17.5 Å². The van der Waals surface area contributed by atoms with Gasteiger partial charge in [-0.05, 0) is 30.2 Å². The minimum absolute atomic E-state index is 0.0288. The summed E-state index contributed by atoms with van der Waals surface area (Å²) >= 11 is 0. The number of amides is 2. The Morgan fingerprint density at radius 1 is 1.47 bits per heavy atom. The first-order valence-electron chi connectivity index (χ1n) is 6.12. The van der Waals surface area contributed by atoms with E-state index in [-0.39, 0.29) is 18.4 Å². The van der Waals surface area contributed by atoms with Crippen molar-refractivity contribution in [1.82, 2.24) is 5.32 Å². The van der Waals surface area contributed by atoms with Gasteiger partial charge in [0.15, 0.2) is 6.61 Å². The molecular formula is C14H16N2O3. The van der Waals surface area contributed by atoms with E-state index in [1.165, 1.54) is 0 Å². The number of hydrogen-bond acceptors (Lipinski definition) is 3. The lowest BCUT2D eigenvalue weighted by Crippen LogP contribution is -2.28. The Balaban J connectivity index is 1.93. The summed E-state index contributed by atoms with van der Waals surface area (Å²) < 4.78 is 5.40. The number of aryl methyl sites for hydroxylation is 1. The first-order chi connectivity index (χ1) is 9.19. The highest BCUT2D eigenvalue weighted by Gasteiger charge is 2.15. The average Bonchev–Trinajstić information content (AvgIpc) is 2.42. The number of carbonyl (C=O) groups excluding carboxylic acids is 2. The third kappa shape index (κ3) is 3.58. The number of ether oxygens (including phenoxy) is 1. The fourth-order valence-corrected chi connectivity index (χ4v) is 1.84. The van der Waals surface area contributed by atoms with Gasteiger partial charge in [-0.3, -0.25) is 9.59 Å². The molecule has 1 aliphatic rings. The fourth-order valence-electron chi connectivity index (χ4n) is 1.84. The molecule has 0 radical (unpaired) electrons. The number of anilines is 1. The predicted octanol–water partition coefficient (Wildman–Crippen LogP) is 1.25. The second-order valence-corrected chi connectivity index (χ2v) is 4.25. The Morgan fingerprint density at radius 2 is 2.32 bits per heavy atom. The summed E-state index contributed by atoms with van der Waals surface area (Å²) in [5.74, 6) is 0.472. The smallest absolute Gasteiger partial charge is 0.258 e. The molecule has 1 aromatic carbocycles. The number of fused-ring (bicyclic) bond motifs is 1. The van der Waals surface area contributed by atoms with Gasteiger partial charge in [0.1, 0.15) is 5.75 Å². The van der Waals surface area contributed by atoms with Crippen LogP contribution in [0.15, 0.2) is 30.9 Å². The maximum Gasteiger partial charge on any atom is 0.258 e. The molecule has 1 aliphatic heterocycles. The predicted molar refractivity (Wildman–Crippen MR) is 72.1 cm³/mol. The zero-order chi connectivity index (χ0) is 13.7. The molecule has 0 bridgehead atoms. The molecule has 0 atom stereocenters. The summed E-state index contributed by atoms with van der Waals surface area (Å²) in [6, 6.07) is 5.39. The highest BCUT2D eigenvalue weighted by atomic mass is 16.5. The Labute approximate surface area is 111 Å².